The van der Waals surface area contributed by atoms with Crippen molar-refractivity contribution in [3.63, 3.8) is 0 Å². The van der Waals surface area contributed by atoms with Crippen molar-refractivity contribution in [2.24, 2.45) is 5.92 Å². The summed E-state index contributed by atoms with van der Waals surface area (Å²) in [5, 5.41) is 12.0. The molecule has 1 amide bonds. The average molecular weight is 497 g/mol. The number of carbonyl (C=O) groups excluding carboxylic acids is 1. The second-order valence-electron chi connectivity index (χ2n) is 8.37. The minimum Gasteiger partial charge on any atom is -0.487 e. The Hall–Kier alpha value is -3.69. The van der Waals surface area contributed by atoms with Crippen LogP contribution in [0.3, 0.4) is 0 Å². The molecule has 0 unspecified atom stereocenters. The molecule has 0 aliphatic heterocycles. The standard InChI is InChI=1S/C26H28N2O6S/c1-17(2)25(26(30)31)28-35(32,33)22-14-12-21(13-15-22)20-10-8-19(9-11-20)16-34-24-7-5-4-6-23(24)27-18(3)29/h4-15,17,25,28H,16H2,1-3H3,(H,27,29)(H,30,31)/t25-/m1/s1. The van der Waals surface area contributed by atoms with Gasteiger partial charge >= 0.3 is 5.97 Å². The van der Waals surface area contributed by atoms with Crippen LogP contribution in [0, 0.1) is 5.92 Å². The number of para-hydroxylation sites is 2. The smallest absolute Gasteiger partial charge is 0.322 e. The summed E-state index contributed by atoms with van der Waals surface area (Å²) in [6.07, 6.45) is 0. The molecule has 1 atom stereocenters. The molecule has 3 aromatic carbocycles. The average Bonchev–Trinajstić information content (AvgIpc) is 2.82. The first-order chi connectivity index (χ1) is 16.6. The molecule has 0 bridgehead atoms. The number of aliphatic carboxylic acids is 1. The Labute approximate surface area is 205 Å². The first-order valence-electron chi connectivity index (χ1n) is 11.0. The summed E-state index contributed by atoms with van der Waals surface area (Å²) in [6.45, 7) is 5.02. The van der Waals surface area contributed by atoms with E-state index >= 15 is 0 Å². The van der Waals surface area contributed by atoms with E-state index in [1.165, 1.54) is 19.1 Å². The maximum Gasteiger partial charge on any atom is 0.322 e. The molecular weight excluding hydrogens is 468 g/mol. The summed E-state index contributed by atoms with van der Waals surface area (Å²) in [7, 11) is -3.97. The lowest BCUT2D eigenvalue weighted by atomic mass is 10.0. The van der Waals surface area contributed by atoms with Crippen LogP contribution in [0.15, 0.2) is 77.7 Å². The third-order valence-electron chi connectivity index (χ3n) is 5.26. The Morgan fingerprint density at radius 3 is 2.03 bits per heavy atom. The SMILES string of the molecule is CC(=O)Nc1ccccc1OCc1ccc(-c2ccc(S(=O)(=O)N[C@@H](C(=O)O)C(C)C)cc2)cc1. The predicted octanol–water partition coefficient (Wildman–Crippen LogP) is 4.28. The highest BCUT2D eigenvalue weighted by molar-refractivity contribution is 7.89. The van der Waals surface area contributed by atoms with Crippen molar-refractivity contribution in [1.82, 2.24) is 4.72 Å². The number of carbonyl (C=O) groups is 2. The van der Waals surface area contributed by atoms with Crippen LogP contribution in [0.2, 0.25) is 0 Å². The van der Waals surface area contributed by atoms with Gasteiger partial charge in [-0.25, -0.2) is 8.42 Å². The fraction of sp³-hybridized carbons (Fsp3) is 0.231. The van der Waals surface area contributed by atoms with Gasteiger partial charge in [0.1, 0.15) is 18.4 Å². The molecule has 9 heteroatoms. The van der Waals surface area contributed by atoms with Crippen molar-refractivity contribution in [2.45, 2.75) is 38.3 Å². The van der Waals surface area contributed by atoms with Crippen LogP contribution >= 0.6 is 0 Å². The van der Waals surface area contributed by atoms with Gasteiger partial charge < -0.3 is 15.2 Å². The minimum atomic E-state index is -3.97. The van der Waals surface area contributed by atoms with E-state index in [1.807, 2.05) is 36.4 Å². The van der Waals surface area contributed by atoms with Crippen LogP contribution < -0.4 is 14.8 Å². The molecule has 0 fully saturated rings. The van der Waals surface area contributed by atoms with Crippen molar-refractivity contribution < 1.29 is 27.9 Å². The highest BCUT2D eigenvalue weighted by Crippen LogP contribution is 2.26. The summed E-state index contributed by atoms with van der Waals surface area (Å²) >= 11 is 0. The third kappa shape index (κ3) is 6.91. The molecule has 0 saturated heterocycles. The fourth-order valence-electron chi connectivity index (χ4n) is 3.37. The lowest BCUT2D eigenvalue weighted by Crippen LogP contribution is -2.44. The van der Waals surface area contributed by atoms with Gasteiger partial charge in [0.05, 0.1) is 10.6 Å². The molecule has 0 heterocycles. The van der Waals surface area contributed by atoms with Gasteiger partial charge in [0.15, 0.2) is 0 Å². The van der Waals surface area contributed by atoms with E-state index in [0.717, 1.165) is 16.7 Å². The van der Waals surface area contributed by atoms with E-state index in [4.69, 9.17) is 4.74 Å². The number of sulfonamides is 1. The van der Waals surface area contributed by atoms with Gasteiger partial charge in [-0.15, -0.1) is 0 Å². The van der Waals surface area contributed by atoms with Crippen LogP contribution in [-0.2, 0) is 26.2 Å². The van der Waals surface area contributed by atoms with Crippen molar-refractivity contribution in [3.05, 3.63) is 78.4 Å². The first kappa shape index (κ1) is 25.9. The maximum atomic E-state index is 12.6. The van der Waals surface area contributed by atoms with E-state index in [9.17, 15) is 23.1 Å². The van der Waals surface area contributed by atoms with Gasteiger partial charge in [0, 0.05) is 6.92 Å². The Morgan fingerprint density at radius 1 is 0.914 bits per heavy atom. The van der Waals surface area contributed by atoms with Crippen LogP contribution in [0.1, 0.15) is 26.3 Å². The number of rotatable bonds is 10. The molecule has 0 aliphatic carbocycles. The quantitative estimate of drug-likeness (QED) is 0.385. The Bertz CT molecular complexity index is 1290. The van der Waals surface area contributed by atoms with Gasteiger partial charge in [-0.3, -0.25) is 9.59 Å². The van der Waals surface area contributed by atoms with Crippen molar-refractivity contribution in [1.29, 1.82) is 0 Å². The second kappa shape index (κ2) is 11.2. The van der Waals surface area contributed by atoms with E-state index in [-0.39, 0.29) is 10.8 Å². The van der Waals surface area contributed by atoms with Crippen LogP contribution in [0.25, 0.3) is 11.1 Å². The Kier molecular flexibility index (Phi) is 8.26. The highest BCUT2D eigenvalue weighted by Gasteiger charge is 2.27. The van der Waals surface area contributed by atoms with Gasteiger partial charge in [-0.05, 0) is 46.9 Å². The normalized spacial score (nSPS) is 12.2. The van der Waals surface area contributed by atoms with Crippen molar-refractivity contribution in [2.75, 3.05) is 5.32 Å². The lowest BCUT2D eigenvalue weighted by molar-refractivity contribution is -0.140. The van der Waals surface area contributed by atoms with Gasteiger partial charge in [-0.1, -0.05) is 62.4 Å². The number of carboxylic acid groups (broad SMARTS) is 1. The number of hydrogen-bond acceptors (Lipinski definition) is 5. The topological polar surface area (TPSA) is 122 Å². The van der Waals surface area contributed by atoms with Gasteiger partial charge in [-0.2, -0.15) is 4.72 Å². The number of anilines is 1. The molecule has 0 aliphatic rings. The van der Waals surface area contributed by atoms with Crippen LogP contribution in [0.4, 0.5) is 5.69 Å². The second-order valence-corrected chi connectivity index (χ2v) is 10.1. The number of amides is 1. The molecule has 0 radical (unpaired) electrons. The molecule has 0 aromatic heterocycles. The molecule has 0 saturated carbocycles. The Morgan fingerprint density at radius 2 is 1.49 bits per heavy atom. The molecular formula is C26H28N2O6S. The monoisotopic (exact) mass is 496 g/mol. The van der Waals surface area contributed by atoms with Crippen molar-refractivity contribution >= 4 is 27.6 Å². The third-order valence-corrected chi connectivity index (χ3v) is 6.72. The summed E-state index contributed by atoms with van der Waals surface area (Å²) in [5.74, 6) is -1.23. The zero-order valence-electron chi connectivity index (χ0n) is 19.7. The number of hydrogen-bond donors (Lipinski definition) is 3. The van der Waals surface area contributed by atoms with Gasteiger partial charge in [0.25, 0.3) is 0 Å². The molecule has 3 rings (SSSR count). The van der Waals surface area contributed by atoms with E-state index in [0.29, 0.717) is 18.0 Å². The van der Waals surface area contributed by atoms with E-state index in [2.05, 4.69) is 10.0 Å². The Balaban J connectivity index is 1.68. The largest absolute Gasteiger partial charge is 0.487 e. The molecule has 184 valence electrons. The zero-order chi connectivity index (χ0) is 25.6. The molecule has 0 spiro atoms. The number of benzene rings is 3. The highest BCUT2D eigenvalue weighted by atomic mass is 32.2. The number of carboxylic acids is 1. The maximum absolute atomic E-state index is 12.6. The lowest BCUT2D eigenvalue weighted by Gasteiger charge is -2.18. The van der Waals surface area contributed by atoms with E-state index in [1.54, 1.807) is 38.1 Å². The number of ether oxygens (including phenoxy) is 1. The van der Waals surface area contributed by atoms with Crippen LogP contribution in [0.5, 0.6) is 5.75 Å². The minimum absolute atomic E-state index is 0.00370. The molecule has 35 heavy (non-hydrogen) atoms. The summed E-state index contributed by atoms with van der Waals surface area (Å²) < 4.78 is 33.3. The zero-order valence-corrected chi connectivity index (χ0v) is 20.5. The summed E-state index contributed by atoms with van der Waals surface area (Å²) in [4.78, 5) is 22.7. The first-order valence-corrected chi connectivity index (χ1v) is 12.5. The summed E-state index contributed by atoms with van der Waals surface area (Å²) in [6, 6.07) is 19.9. The van der Waals surface area contributed by atoms with Crippen molar-refractivity contribution in [3.8, 4) is 16.9 Å². The summed E-state index contributed by atoms with van der Waals surface area (Å²) in [5.41, 5.74) is 3.22. The number of nitrogens with one attached hydrogen (secondary N) is 2. The predicted molar refractivity (Wildman–Crippen MR) is 134 cm³/mol. The van der Waals surface area contributed by atoms with Gasteiger partial charge in [0.2, 0.25) is 15.9 Å². The van der Waals surface area contributed by atoms with Crippen LogP contribution in [-0.4, -0.2) is 31.4 Å². The fourth-order valence-corrected chi connectivity index (χ4v) is 4.71. The molecule has 3 aromatic rings. The van der Waals surface area contributed by atoms with E-state index < -0.39 is 28.0 Å². The molecule has 3 N–H and O–H groups in total. The molecule has 8 nitrogen and oxygen atoms in total.